The largest absolute Gasteiger partial charge is 0.489 e. The zero-order chi connectivity index (χ0) is 24.1. The molecule has 6 nitrogen and oxygen atoms in total. The van der Waals surface area contributed by atoms with Gasteiger partial charge in [0.15, 0.2) is 0 Å². The molecule has 1 fully saturated rings. The number of nitrogens with zero attached hydrogens (tertiary/aromatic N) is 1. The highest BCUT2D eigenvalue weighted by molar-refractivity contribution is 8.18. The lowest BCUT2D eigenvalue weighted by Gasteiger charge is -2.12. The van der Waals surface area contributed by atoms with Crippen LogP contribution in [0, 0.1) is 5.82 Å². The van der Waals surface area contributed by atoms with Gasteiger partial charge < -0.3 is 10.1 Å². The molecule has 0 saturated carbocycles. The number of carbonyl (C=O) groups excluding carboxylic acids is 3. The lowest BCUT2D eigenvalue weighted by atomic mass is 10.2. The molecular formula is C25H18ClFN2O4S. The molecule has 172 valence electrons. The zero-order valence-electron chi connectivity index (χ0n) is 17.7. The van der Waals surface area contributed by atoms with Crippen molar-refractivity contribution in [3.63, 3.8) is 0 Å². The molecule has 0 atom stereocenters. The summed E-state index contributed by atoms with van der Waals surface area (Å²) in [6, 6.07) is 19.7. The zero-order valence-corrected chi connectivity index (χ0v) is 19.2. The Morgan fingerprint density at radius 1 is 1.03 bits per heavy atom. The Balaban J connectivity index is 1.36. The highest BCUT2D eigenvalue weighted by atomic mass is 35.5. The van der Waals surface area contributed by atoms with Crippen molar-refractivity contribution in [2.45, 2.75) is 6.61 Å². The first-order valence-corrected chi connectivity index (χ1v) is 11.4. The number of hydrogen-bond donors (Lipinski definition) is 1. The van der Waals surface area contributed by atoms with Gasteiger partial charge in [0.25, 0.3) is 11.1 Å². The maximum Gasteiger partial charge on any atom is 0.294 e. The molecule has 34 heavy (non-hydrogen) atoms. The predicted molar refractivity (Wildman–Crippen MR) is 130 cm³/mol. The van der Waals surface area contributed by atoms with Gasteiger partial charge in [-0.05, 0) is 65.9 Å². The summed E-state index contributed by atoms with van der Waals surface area (Å²) in [4.78, 5) is 38.4. The third-order valence-corrected chi connectivity index (χ3v) is 5.99. The minimum absolute atomic E-state index is 0.0863. The van der Waals surface area contributed by atoms with Crippen LogP contribution < -0.4 is 10.1 Å². The van der Waals surface area contributed by atoms with Gasteiger partial charge in [-0.25, -0.2) is 4.39 Å². The number of amides is 3. The van der Waals surface area contributed by atoms with Crippen LogP contribution >= 0.6 is 23.4 Å². The molecule has 0 aliphatic carbocycles. The van der Waals surface area contributed by atoms with E-state index >= 15 is 0 Å². The number of nitrogens with one attached hydrogen (secondary N) is 1. The Morgan fingerprint density at radius 2 is 1.74 bits per heavy atom. The van der Waals surface area contributed by atoms with Crippen LogP contribution in [-0.2, 0) is 16.2 Å². The third-order valence-electron chi connectivity index (χ3n) is 4.83. The molecular weight excluding hydrogens is 479 g/mol. The van der Waals surface area contributed by atoms with E-state index < -0.39 is 23.6 Å². The molecule has 3 aromatic carbocycles. The average Bonchev–Trinajstić information content (AvgIpc) is 3.08. The van der Waals surface area contributed by atoms with Crippen LogP contribution in [0.5, 0.6) is 5.75 Å². The molecule has 0 aromatic heterocycles. The monoisotopic (exact) mass is 496 g/mol. The molecule has 0 spiro atoms. The van der Waals surface area contributed by atoms with Gasteiger partial charge in [-0.3, -0.25) is 19.3 Å². The van der Waals surface area contributed by atoms with Crippen molar-refractivity contribution in [3.05, 3.63) is 99.7 Å². The van der Waals surface area contributed by atoms with Crippen LogP contribution in [-0.4, -0.2) is 28.5 Å². The van der Waals surface area contributed by atoms with Crippen LogP contribution in [0.4, 0.5) is 14.9 Å². The SMILES string of the molecule is O=C(CN1C(=O)S/C(=C/c2ccc(OCc3ccccc3F)cc2)C1=O)Nc1ccc(Cl)cc1. The molecule has 1 aliphatic rings. The van der Waals surface area contributed by atoms with Gasteiger partial charge in [-0.1, -0.05) is 41.9 Å². The fourth-order valence-electron chi connectivity index (χ4n) is 3.10. The number of carbonyl (C=O) groups is 3. The second-order valence-electron chi connectivity index (χ2n) is 7.27. The van der Waals surface area contributed by atoms with E-state index in [4.69, 9.17) is 16.3 Å². The van der Waals surface area contributed by atoms with Crippen LogP contribution in [0.3, 0.4) is 0 Å². The second kappa shape index (κ2) is 10.5. The number of ether oxygens (including phenoxy) is 1. The molecule has 9 heteroatoms. The summed E-state index contributed by atoms with van der Waals surface area (Å²) in [6.45, 7) is -0.309. The average molecular weight is 497 g/mol. The molecule has 0 radical (unpaired) electrons. The molecule has 1 N–H and O–H groups in total. The van der Waals surface area contributed by atoms with Crippen molar-refractivity contribution in [1.82, 2.24) is 4.90 Å². The van der Waals surface area contributed by atoms with Gasteiger partial charge in [-0.15, -0.1) is 0 Å². The van der Waals surface area contributed by atoms with E-state index in [0.29, 0.717) is 27.6 Å². The maximum atomic E-state index is 13.7. The van der Waals surface area contributed by atoms with E-state index in [0.717, 1.165) is 16.7 Å². The normalized spacial score (nSPS) is 14.5. The fourth-order valence-corrected chi connectivity index (χ4v) is 4.07. The molecule has 3 aromatic rings. The second-order valence-corrected chi connectivity index (χ2v) is 8.70. The summed E-state index contributed by atoms with van der Waals surface area (Å²) in [5.41, 5.74) is 1.63. The van der Waals surface area contributed by atoms with Crippen molar-refractivity contribution in [2.75, 3.05) is 11.9 Å². The number of halogens is 2. The highest BCUT2D eigenvalue weighted by Crippen LogP contribution is 2.32. The topological polar surface area (TPSA) is 75.7 Å². The summed E-state index contributed by atoms with van der Waals surface area (Å²) in [7, 11) is 0. The maximum absolute atomic E-state index is 13.7. The van der Waals surface area contributed by atoms with Crippen molar-refractivity contribution in [2.24, 2.45) is 0 Å². The number of rotatable bonds is 7. The molecule has 1 aliphatic heterocycles. The van der Waals surface area contributed by atoms with Crippen molar-refractivity contribution in [1.29, 1.82) is 0 Å². The van der Waals surface area contributed by atoms with E-state index in [1.54, 1.807) is 72.8 Å². The first-order chi connectivity index (χ1) is 16.4. The molecule has 3 amide bonds. The van der Waals surface area contributed by atoms with E-state index in [2.05, 4.69) is 5.32 Å². The van der Waals surface area contributed by atoms with Crippen LogP contribution in [0.1, 0.15) is 11.1 Å². The number of hydrogen-bond acceptors (Lipinski definition) is 5. The van der Waals surface area contributed by atoms with E-state index in [9.17, 15) is 18.8 Å². The van der Waals surface area contributed by atoms with E-state index in [1.165, 1.54) is 6.07 Å². The summed E-state index contributed by atoms with van der Waals surface area (Å²) in [6.07, 6.45) is 1.57. The molecule has 4 rings (SSSR count). The van der Waals surface area contributed by atoms with Crippen LogP contribution in [0.15, 0.2) is 77.7 Å². The van der Waals surface area contributed by atoms with E-state index in [-0.39, 0.29) is 17.3 Å². The third kappa shape index (κ3) is 5.84. The van der Waals surface area contributed by atoms with Crippen LogP contribution in [0.25, 0.3) is 6.08 Å². The Hall–Kier alpha value is -3.62. The Kier molecular flexibility index (Phi) is 7.30. The number of thioether (sulfide) groups is 1. The number of benzene rings is 3. The van der Waals surface area contributed by atoms with Crippen molar-refractivity contribution >= 4 is 52.2 Å². The van der Waals surface area contributed by atoms with Gasteiger partial charge in [0.1, 0.15) is 24.7 Å². The van der Waals surface area contributed by atoms with Crippen molar-refractivity contribution < 1.29 is 23.5 Å². The van der Waals surface area contributed by atoms with Gasteiger partial charge in [0.2, 0.25) is 5.91 Å². The number of anilines is 1. The summed E-state index contributed by atoms with van der Waals surface area (Å²) < 4.78 is 19.3. The lowest BCUT2D eigenvalue weighted by molar-refractivity contribution is -0.127. The summed E-state index contributed by atoms with van der Waals surface area (Å²) in [5, 5.41) is 2.63. The minimum atomic E-state index is -0.541. The Labute approximate surface area is 204 Å². The first-order valence-electron chi connectivity index (χ1n) is 10.2. The summed E-state index contributed by atoms with van der Waals surface area (Å²) >= 11 is 6.59. The van der Waals surface area contributed by atoms with Gasteiger partial charge in [-0.2, -0.15) is 0 Å². The summed E-state index contributed by atoms with van der Waals surface area (Å²) in [5.74, 6) is -0.840. The highest BCUT2D eigenvalue weighted by Gasteiger charge is 2.36. The Morgan fingerprint density at radius 3 is 2.44 bits per heavy atom. The predicted octanol–water partition coefficient (Wildman–Crippen LogP) is 5.73. The standard InChI is InChI=1S/C25H18ClFN2O4S/c26-18-7-9-19(10-8-18)28-23(30)14-29-24(31)22(34-25(29)32)13-16-5-11-20(12-6-16)33-15-17-3-1-2-4-21(17)27/h1-13H,14-15H2,(H,28,30)/b22-13+. The van der Waals surface area contributed by atoms with Crippen molar-refractivity contribution in [3.8, 4) is 5.75 Å². The molecule has 0 bridgehead atoms. The van der Waals surface area contributed by atoms with Crippen LogP contribution in [0.2, 0.25) is 5.02 Å². The molecule has 1 heterocycles. The Bertz CT molecular complexity index is 1260. The van der Waals surface area contributed by atoms with Gasteiger partial charge >= 0.3 is 0 Å². The van der Waals surface area contributed by atoms with E-state index in [1.807, 2.05) is 0 Å². The van der Waals surface area contributed by atoms with Gasteiger partial charge in [0, 0.05) is 16.3 Å². The van der Waals surface area contributed by atoms with Gasteiger partial charge in [0.05, 0.1) is 4.91 Å². The molecule has 1 saturated heterocycles. The lowest BCUT2D eigenvalue weighted by Crippen LogP contribution is -2.36. The molecule has 0 unspecified atom stereocenters. The number of imide groups is 1. The fraction of sp³-hybridized carbons (Fsp3) is 0.0800. The minimum Gasteiger partial charge on any atom is -0.489 e. The smallest absolute Gasteiger partial charge is 0.294 e. The quantitative estimate of drug-likeness (QED) is 0.422. The first kappa shape index (κ1) is 23.5.